The lowest BCUT2D eigenvalue weighted by molar-refractivity contribution is 0.660. The maximum atomic E-state index is 3.71. The predicted molar refractivity (Wildman–Crippen MR) is 177 cm³/mol. The van der Waals surface area contributed by atoms with Gasteiger partial charge in [0.2, 0.25) is 0 Å². The highest BCUT2D eigenvalue weighted by molar-refractivity contribution is 7.25. The molecule has 196 valence electrons. The normalized spacial score (nSPS) is 13.3. The Balaban J connectivity index is 1.12. The monoisotopic (exact) mass is 543 g/mol. The van der Waals surface area contributed by atoms with E-state index in [1.807, 2.05) is 11.3 Å². The summed E-state index contributed by atoms with van der Waals surface area (Å²) in [4.78, 5) is 0. The summed E-state index contributed by atoms with van der Waals surface area (Å²) in [7, 11) is 0. The average molecular weight is 544 g/mol. The third-order valence-corrected chi connectivity index (χ3v) is 9.80. The van der Waals surface area contributed by atoms with Gasteiger partial charge in [-0.25, -0.2) is 0 Å². The molecular weight excluding hydrogens is 515 g/mol. The van der Waals surface area contributed by atoms with Crippen molar-refractivity contribution in [2.45, 2.75) is 19.3 Å². The molecule has 41 heavy (non-hydrogen) atoms. The van der Waals surface area contributed by atoms with Gasteiger partial charge in [-0.2, -0.15) is 0 Å². The highest BCUT2D eigenvalue weighted by Gasteiger charge is 2.35. The molecule has 0 atom stereocenters. The van der Waals surface area contributed by atoms with Gasteiger partial charge in [-0.15, -0.1) is 11.3 Å². The lowest BCUT2D eigenvalue weighted by Crippen LogP contribution is -2.15. The van der Waals surface area contributed by atoms with E-state index in [2.05, 4.69) is 153 Å². The van der Waals surface area contributed by atoms with Crippen LogP contribution in [-0.4, -0.2) is 0 Å². The molecule has 0 bridgehead atoms. The summed E-state index contributed by atoms with van der Waals surface area (Å²) >= 11 is 1.86. The summed E-state index contributed by atoms with van der Waals surface area (Å²) in [5, 5.41) is 6.37. The van der Waals surface area contributed by atoms with Gasteiger partial charge in [0, 0.05) is 37.0 Å². The molecule has 0 radical (unpaired) electrons. The van der Waals surface area contributed by atoms with Crippen LogP contribution in [0.25, 0.3) is 53.6 Å². The Bertz CT molecular complexity index is 2100. The van der Waals surface area contributed by atoms with Gasteiger partial charge in [-0.05, 0) is 93.0 Å². The second kappa shape index (κ2) is 9.19. The molecule has 1 N–H and O–H groups in total. The minimum absolute atomic E-state index is 0.0574. The number of rotatable bonds is 4. The van der Waals surface area contributed by atoms with Gasteiger partial charge < -0.3 is 5.32 Å². The maximum absolute atomic E-state index is 3.71. The zero-order chi connectivity index (χ0) is 27.6. The summed E-state index contributed by atoms with van der Waals surface area (Å²) in [5.41, 5.74) is 12.6. The highest BCUT2D eigenvalue weighted by atomic mass is 32.1. The van der Waals surface area contributed by atoms with E-state index in [1.165, 1.54) is 64.7 Å². The molecule has 1 nitrogen and oxygen atoms in total. The zero-order valence-corrected chi connectivity index (χ0v) is 23.9. The predicted octanol–water partition coefficient (Wildman–Crippen LogP) is 11.4. The van der Waals surface area contributed by atoms with Crippen LogP contribution in [0.4, 0.5) is 11.4 Å². The Labute approximate surface area is 244 Å². The highest BCUT2D eigenvalue weighted by Crippen LogP contribution is 2.50. The summed E-state index contributed by atoms with van der Waals surface area (Å²) in [6, 6.07) is 48.8. The summed E-state index contributed by atoms with van der Waals surface area (Å²) in [6.45, 7) is 4.68. The average Bonchev–Trinajstić information content (AvgIpc) is 3.49. The van der Waals surface area contributed by atoms with E-state index in [0.717, 1.165) is 11.4 Å². The van der Waals surface area contributed by atoms with Gasteiger partial charge in [0.15, 0.2) is 0 Å². The van der Waals surface area contributed by atoms with Crippen LogP contribution in [0.2, 0.25) is 0 Å². The molecule has 0 fully saturated rings. The summed E-state index contributed by atoms with van der Waals surface area (Å²) in [5.74, 6) is 0. The zero-order valence-electron chi connectivity index (χ0n) is 23.1. The Hall–Kier alpha value is -4.66. The molecule has 0 saturated heterocycles. The number of fused-ring (bicyclic) bond motifs is 6. The van der Waals surface area contributed by atoms with E-state index in [9.17, 15) is 0 Å². The van der Waals surface area contributed by atoms with E-state index in [0.29, 0.717) is 0 Å². The fraction of sp³-hybridized carbons (Fsp3) is 0.0769. The first-order valence-electron chi connectivity index (χ1n) is 14.2. The van der Waals surface area contributed by atoms with Gasteiger partial charge in [0.25, 0.3) is 0 Å². The van der Waals surface area contributed by atoms with Crippen molar-refractivity contribution >= 4 is 42.9 Å². The number of anilines is 2. The van der Waals surface area contributed by atoms with Crippen LogP contribution < -0.4 is 5.32 Å². The van der Waals surface area contributed by atoms with Crippen molar-refractivity contribution in [1.29, 1.82) is 0 Å². The molecule has 0 unspecified atom stereocenters. The van der Waals surface area contributed by atoms with Crippen molar-refractivity contribution in [3.8, 4) is 33.4 Å². The fourth-order valence-corrected chi connectivity index (χ4v) is 7.58. The molecule has 0 aliphatic heterocycles. The van der Waals surface area contributed by atoms with Gasteiger partial charge in [0.1, 0.15) is 0 Å². The Kier molecular flexibility index (Phi) is 5.42. The SMILES string of the molecule is CC1(C)c2ccc(-c3ccccc3)cc2-c2ccc(Nc3cccc(-c4ccc5sc6ccccc6c5c4)c3)cc21. The quantitative estimate of drug-likeness (QED) is 0.233. The first-order chi connectivity index (χ1) is 20.0. The van der Waals surface area contributed by atoms with Gasteiger partial charge in [-0.1, -0.05) is 98.8 Å². The minimum atomic E-state index is -0.0574. The van der Waals surface area contributed by atoms with Crippen molar-refractivity contribution in [2.75, 3.05) is 5.32 Å². The van der Waals surface area contributed by atoms with Crippen LogP contribution in [0.3, 0.4) is 0 Å². The second-order valence-corrected chi connectivity index (χ2v) is 12.6. The number of thiophene rings is 1. The first-order valence-corrected chi connectivity index (χ1v) is 15.0. The molecule has 0 amide bonds. The number of benzene rings is 6. The molecule has 1 aromatic heterocycles. The molecule has 8 rings (SSSR count). The van der Waals surface area contributed by atoms with Gasteiger partial charge >= 0.3 is 0 Å². The van der Waals surface area contributed by atoms with E-state index < -0.39 is 0 Å². The van der Waals surface area contributed by atoms with Crippen LogP contribution >= 0.6 is 11.3 Å². The standard InChI is InChI=1S/C39H29NS/c1-39(2)35-19-15-27(25-9-4-3-5-10-25)22-33(35)31-18-17-30(24-36(31)39)40-29-12-8-11-26(21-29)28-16-20-38-34(23-28)32-13-6-7-14-37(32)41-38/h3-24,40H,1-2H3. The fourth-order valence-electron chi connectivity index (χ4n) is 6.49. The first kappa shape index (κ1) is 24.2. The third kappa shape index (κ3) is 3.98. The Morgan fingerprint density at radius 2 is 1.17 bits per heavy atom. The van der Waals surface area contributed by atoms with E-state index in [1.54, 1.807) is 0 Å². The minimum Gasteiger partial charge on any atom is -0.356 e. The smallest absolute Gasteiger partial charge is 0.0390 e. The van der Waals surface area contributed by atoms with E-state index in [-0.39, 0.29) is 5.41 Å². The van der Waals surface area contributed by atoms with Crippen molar-refractivity contribution in [3.05, 3.63) is 145 Å². The molecular formula is C39H29NS. The third-order valence-electron chi connectivity index (χ3n) is 8.64. The van der Waals surface area contributed by atoms with Crippen molar-refractivity contribution in [1.82, 2.24) is 0 Å². The number of hydrogen-bond acceptors (Lipinski definition) is 2. The van der Waals surface area contributed by atoms with Crippen LogP contribution in [0.1, 0.15) is 25.0 Å². The molecule has 1 aliphatic rings. The van der Waals surface area contributed by atoms with Crippen molar-refractivity contribution < 1.29 is 0 Å². The molecule has 2 heteroatoms. The van der Waals surface area contributed by atoms with E-state index >= 15 is 0 Å². The van der Waals surface area contributed by atoms with Gasteiger partial charge in [-0.3, -0.25) is 0 Å². The van der Waals surface area contributed by atoms with Crippen molar-refractivity contribution in [2.24, 2.45) is 0 Å². The molecule has 0 saturated carbocycles. The number of nitrogens with one attached hydrogen (secondary N) is 1. The largest absolute Gasteiger partial charge is 0.356 e. The van der Waals surface area contributed by atoms with Crippen molar-refractivity contribution in [3.63, 3.8) is 0 Å². The number of hydrogen-bond donors (Lipinski definition) is 1. The molecule has 6 aromatic carbocycles. The molecule has 0 spiro atoms. The summed E-state index contributed by atoms with van der Waals surface area (Å²) in [6.07, 6.45) is 0. The van der Waals surface area contributed by atoms with Gasteiger partial charge in [0.05, 0.1) is 0 Å². The van der Waals surface area contributed by atoms with Crippen LogP contribution in [0, 0.1) is 0 Å². The van der Waals surface area contributed by atoms with Crippen LogP contribution in [-0.2, 0) is 5.41 Å². The van der Waals surface area contributed by atoms with Crippen LogP contribution in [0.15, 0.2) is 133 Å². The summed E-state index contributed by atoms with van der Waals surface area (Å²) < 4.78 is 2.68. The topological polar surface area (TPSA) is 12.0 Å². The molecule has 1 aliphatic carbocycles. The lowest BCUT2D eigenvalue weighted by Gasteiger charge is -2.22. The molecule has 1 heterocycles. The lowest BCUT2D eigenvalue weighted by atomic mass is 9.82. The maximum Gasteiger partial charge on any atom is 0.0390 e. The second-order valence-electron chi connectivity index (χ2n) is 11.5. The molecule has 7 aromatic rings. The Morgan fingerprint density at radius 1 is 0.463 bits per heavy atom. The van der Waals surface area contributed by atoms with Crippen LogP contribution in [0.5, 0.6) is 0 Å². The van der Waals surface area contributed by atoms with E-state index in [4.69, 9.17) is 0 Å². The Morgan fingerprint density at radius 3 is 2.07 bits per heavy atom.